The number of nitrogens with two attached hydrogens (primary N) is 1. The largest absolute Gasteiger partial charge is 0.343 e. The second-order valence-electron chi connectivity index (χ2n) is 9.23. The first-order valence-electron chi connectivity index (χ1n) is 11.8. The molecule has 2 N–H and O–H groups in total. The summed E-state index contributed by atoms with van der Waals surface area (Å²) in [6, 6.07) is 8.38. The fourth-order valence-electron chi connectivity index (χ4n) is 5.24. The van der Waals surface area contributed by atoms with E-state index in [0.717, 1.165) is 31.0 Å². The second-order valence-corrected chi connectivity index (χ2v) is 9.23. The van der Waals surface area contributed by atoms with E-state index in [0.29, 0.717) is 44.5 Å². The van der Waals surface area contributed by atoms with Gasteiger partial charge in [-0.1, -0.05) is 12.1 Å². The molecule has 2 heterocycles. The van der Waals surface area contributed by atoms with E-state index in [2.05, 4.69) is 0 Å². The van der Waals surface area contributed by atoms with Crippen LogP contribution in [0, 0.1) is 23.4 Å². The summed E-state index contributed by atoms with van der Waals surface area (Å²) in [5.41, 5.74) is 7.29. The fraction of sp³-hybridized carbons (Fsp3) is 0.462. The summed E-state index contributed by atoms with van der Waals surface area (Å²) in [5.74, 6) is -2.48. The third kappa shape index (κ3) is 5.43. The number of likely N-dealkylation sites (tertiary alicyclic amines) is 2. The van der Waals surface area contributed by atoms with E-state index < -0.39 is 29.4 Å². The SMILES string of the molecule is NC(c1cc(F)ccc1F)C(CN1CCCC1=O)C(CCN1CCCC1=O)c1cccc(F)c1. The van der Waals surface area contributed by atoms with Gasteiger partial charge in [-0.2, -0.15) is 0 Å². The van der Waals surface area contributed by atoms with E-state index in [1.54, 1.807) is 21.9 Å². The molecule has 0 saturated carbocycles. The highest BCUT2D eigenvalue weighted by Crippen LogP contribution is 2.38. The lowest BCUT2D eigenvalue weighted by molar-refractivity contribution is -0.128. The van der Waals surface area contributed by atoms with Crippen molar-refractivity contribution in [2.75, 3.05) is 26.2 Å². The van der Waals surface area contributed by atoms with Crippen molar-refractivity contribution in [2.45, 2.75) is 44.1 Å². The van der Waals surface area contributed by atoms with Gasteiger partial charge in [-0.15, -0.1) is 0 Å². The van der Waals surface area contributed by atoms with Gasteiger partial charge in [0.15, 0.2) is 0 Å². The Morgan fingerprint density at radius 2 is 1.56 bits per heavy atom. The Balaban J connectivity index is 1.71. The monoisotopic (exact) mass is 473 g/mol. The van der Waals surface area contributed by atoms with Gasteiger partial charge in [0.2, 0.25) is 11.8 Å². The lowest BCUT2D eigenvalue weighted by Crippen LogP contribution is -2.40. The van der Waals surface area contributed by atoms with E-state index in [1.165, 1.54) is 12.1 Å². The standard InChI is InChI=1S/C26H30F3N3O2/c27-18-5-1-4-17(14-18)20(10-13-31-11-2-6-24(31)33)22(16-32-12-3-7-25(32)34)26(30)21-15-19(28)8-9-23(21)29/h1,4-5,8-9,14-15,20,22,26H,2-3,6-7,10-13,16,30H2. The quantitative estimate of drug-likeness (QED) is 0.595. The molecule has 2 aliphatic heterocycles. The normalized spacial score (nSPS) is 19.1. The van der Waals surface area contributed by atoms with Crippen LogP contribution in [-0.4, -0.2) is 47.8 Å². The minimum Gasteiger partial charge on any atom is -0.343 e. The third-order valence-electron chi connectivity index (χ3n) is 7.06. The molecule has 2 aromatic rings. The Morgan fingerprint density at radius 3 is 2.21 bits per heavy atom. The minimum absolute atomic E-state index is 0.00960. The zero-order valence-corrected chi connectivity index (χ0v) is 19.1. The molecule has 5 nitrogen and oxygen atoms in total. The van der Waals surface area contributed by atoms with Crippen molar-refractivity contribution in [3.8, 4) is 0 Å². The van der Waals surface area contributed by atoms with Crippen LogP contribution in [0.5, 0.6) is 0 Å². The number of hydrogen-bond acceptors (Lipinski definition) is 3. The molecule has 3 unspecified atom stereocenters. The molecule has 4 rings (SSSR count). The first kappa shape index (κ1) is 24.3. The lowest BCUT2D eigenvalue weighted by Gasteiger charge is -2.36. The maximum atomic E-state index is 14.7. The van der Waals surface area contributed by atoms with E-state index in [-0.39, 0.29) is 29.8 Å². The topological polar surface area (TPSA) is 66.6 Å². The van der Waals surface area contributed by atoms with Crippen LogP contribution < -0.4 is 5.73 Å². The van der Waals surface area contributed by atoms with Crippen LogP contribution in [0.25, 0.3) is 0 Å². The molecule has 2 fully saturated rings. The zero-order valence-electron chi connectivity index (χ0n) is 19.1. The summed E-state index contributed by atoms with van der Waals surface area (Å²) >= 11 is 0. The summed E-state index contributed by atoms with van der Waals surface area (Å²) in [4.78, 5) is 28.1. The average molecular weight is 474 g/mol. The van der Waals surface area contributed by atoms with Crippen molar-refractivity contribution in [2.24, 2.45) is 11.7 Å². The number of hydrogen-bond donors (Lipinski definition) is 1. The third-order valence-corrected chi connectivity index (χ3v) is 7.06. The van der Waals surface area contributed by atoms with Crippen LogP contribution in [0.3, 0.4) is 0 Å². The van der Waals surface area contributed by atoms with Crippen LogP contribution in [0.4, 0.5) is 13.2 Å². The van der Waals surface area contributed by atoms with Gasteiger partial charge >= 0.3 is 0 Å². The van der Waals surface area contributed by atoms with Crippen molar-refractivity contribution >= 4 is 11.8 Å². The number of benzene rings is 2. The van der Waals surface area contributed by atoms with Crippen molar-refractivity contribution < 1.29 is 22.8 Å². The lowest BCUT2D eigenvalue weighted by atomic mass is 9.76. The summed E-state index contributed by atoms with van der Waals surface area (Å²) in [6.45, 7) is 1.91. The summed E-state index contributed by atoms with van der Waals surface area (Å²) in [5, 5.41) is 0. The van der Waals surface area contributed by atoms with Gasteiger partial charge in [-0.3, -0.25) is 9.59 Å². The number of nitrogens with zero attached hydrogens (tertiary/aromatic N) is 2. The molecule has 34 heavy (non-hydrogen) atoms. The number of rotatable bonds is 9. The highest BCUT2D eigenvalue weighted by Gasteiger charge is 2.36. The van der Waals surface area contributed by atoms with Crippen molar-refractivity contribution in [1.29, 1.82) is 0 Å². The molecule has 2 amide bonds. The Hall–Kier alpha value is -2.87. The highest BCUT2D eigenvalue weighted by molar-refractivity contribution is 5.78. The van der Waals surface area contributed by atoms with Gasteiger partial charge in [0.25, 0.3) is 0 Å². The Bertz CT molecular complexity index is 1050. The van der Waals surface area contributed by atoms with E-state index >= 15 is 0 Å². The smallest absolute Gasteiger partial charge is 0.222 e. The minimum atomic E-state index is -0.938. The molecule has 0 aliphatic carbocycles. The Morgan fingerprint density at radius 1 is 0.882 bits per heavy atom. The number of halogens is 3. The summed E-state index contributed by atoms with van der Waals surface area (Å²) in [6.07, 6.45) is 2.92. The molecule has 2 saturated heterocycles. The van der Waals surface area contributed by atoms with Crippen LogP contribution >= 0.6 is 0 Å². The zero-order chi connectivity index (χ0) is 24.2. The fourth-order valence-corrected chi connectivity index (χ4v) is 5.24. The molecular weight excluding hydrogens is 443 g/mol. The first-order valence-corrected chi connectivity index (χ1v) is 11.8. The van der Waals surface area contributed by atoms with Gasteiger partial charge in [-0.05, 0) is 61.1 Å². The number of carbonyl (C=O) groups is 2. The first-order chi connectivity index (χ1) is 16.3. The molecule has 2 aromatic carbocycles. The van der Waals surface area contributed by atoms with Gasteiger partial charge in [0.1, 0.15) is 17.5 Å². The molecule has 8 heteroatoms. The molecule has 0 bridgehead atoms. The summed E-state index contributed by atoms with van der Waals surface area (Å²) in [7, 11) is 0. The molecule has 0 radical (unpaired) electrons. The van der Waals surface area contributed by atoms with Crippen LogP contribution in [0.15, 0.2) is 42.5 Å². The summed E-state index contributed by atoms with van der Waals surface area (Å²) < 4.78 is 43.0. The van der Waals surface area contributed by atoms with E-state index in [1.807, 2.05) is 0 Å². The van der Waals surface area contributed by atoms with Gasteiger partial charge in [0.05, 0.1) is 0 Å². The van der Waals surface area contributed by atoms with Crippen molar-refractivity contribution in [1.82, 2.24) is 9.80 Å². The maximum absolute atomic E-state index is 14.7. The Labute approximate surface area is 197 Å². The molecule has 0 aromatic heterocycles. The molecular formula is C26H30F3N3O2. The molecule has 0 spiro atoms. The van der Waals surface area contributed by atoms with Gasteiger partial charge in [-0.25, -0.2) is 13.2 Å². The van der Waals surface area contributed by atoms with Crippen LogP contribution in [0.2, 0.25) is 0 Å². The van der Waals surface area contributed by atoms with Gasteiger partial charge in [0, 0.05) is 56.5 Å². The maximum Gasteiger partial charge on any atom is 0.222 e. The highest BCUT2D eigenvalue weighted by atomic mass is 19.1. The van der Waals surface area contributed by atoms with E-state index in [9.17, 15) is 22.8 Å². The predicted molar refractivity (Wildman–Crippen MR) is 122 cm³/mol. The molecule has 2 aliphatic rings. The number of carbonyl (C=O) groups excluding carboxylic acids is 2. The van der Waals surface area contributed by atoms with Crippen LogP contribution in [-0.2, 0) is 9.59 Å². The van der Waals surface area contributed by atoms with Crippen molar-refractivity contribution in [3.63, 3.8) is 0 Å². The second kappa shape index (κ2) is 10.6. The van der Waals surface area contributed by atoms with Crippen LogP contribution in [0.1, 0.15) is 55.2 Å². The molecule has 182 valence electrons. The van der Waals surface area contributed by atoms with Crippen molar-refractivity contribution in [3.05, 3.63) is 71.0 Å². The molecule has 3 atom stereocenters. The number of amides is 2. The van der Waals surface area contributed by atoms with E-state index in [4.69, 9.17) is 5.73 Å². The Kier molecular flexibility index (Phi) is 7.56. The average Bonchev–Trinajstić information content (AvgIpc) is 3.41. The predicted octanol–water partition coefficient (Wildman–Crippen LogP) is 4.14. The van der Waals surface area contributed by atoms with Gasteiger partial charge < -0.3 is 15.5 Å².